The number of aromatic nitrogens is 2. The van der Waals surface area contributed by atoms with Crippen LogP contribution in [0.1, 0.15) is 5.89 Å². The standard InChI is InChI=1S/C11H12N4O7S3/c12-6-8(16)15-7(10(17)18)4(1-23-9(6)15)2-24-11-14-13-5(22-11)3-25(19,20)21/h6,9H,1-3,12H2,(H,17,18)(H,19,20,21)/t6?,9-/m0/s1. The Kier molecular flexibility index (Phi) is 4.80. The second-order valence-corrected chi connectivity index (χ2v) is 8.65. The summed E-state index contributed by atoms with van der Waals surface area (Å²) in [6.07, 6.45) is 0. The van der Waals surface area contributed by atoms with Crippen molar-refractivity contribution in [2.75, 3.05) is 11.5 Å². The fraction of sp³-hybridized carbons (Fsp3) is 0.455. The van der Waals surface area contributed by atoms with Crippen molar-refractivity contribution in [3.05, 3.63) is 17.2 Å². The first-order chi connectivity index (χ1) is 11.7. The van der Waals surface area contributed by atoms with Crippen LogP contribution in [0.3, 0.4) is 0 Å². The van der Waals surface area contributed by atoms with E-state index in [0.717, 1.165) is 11.8 Å². The summed E-state index contributed by atoms with van der Waals surface area (Å²) in [4.78, 5) is 24.5. The van der Waals surface area contributed by atoms with Crippen LogP contribution >= 0.6 is 23.5 Å². The largest absolute Gasteiger partial charge is 0.477 e. The second kappa shape index (κ2) is 6.60. The molecule has 1 fully saturated rings. The van der Waals surface area contributed by atoms with Gasteiger partial charge in [0.1, 0.15) is 17.1 Å². The molecule has 1 aromatic rings. The summed E-state index contributed by atoms with van der Waals surface area (Å²) in [6.45, 7) is 0. The lowest BCUT2D eigenvalue weighted by Gasteiger charge is -2.48. The van der Waals surface area contributed by atoms with E-state index in [1.54, 1.807) is 0 Å². The van der Waals surface area contributed by atoms with Gasteiger partial charge in [0.05, 0.1) is 0 Å². The van der Waals surface area contributed by atoms with Crippen molar-refractivity contribution in [2.24, 2.45) is 5.73 Å². The van der Waals surface area contributed by atoms with E-state index in [9.17, 15) is 23.1 Å². The summed E-state index contributed by atoms with van der Waals surface area (Å²) in [5.41, 5.74) is 6.06. The zero-order chi connectivity index (χ0) is 18.4. The molecular formula is C11H12N4O7S3. The van der Waals surface area contributed by atoms with Crippen LogP contribution in [-0.2, 0) is 25.5 Å². The molecule has 0 radical (unpaired) electrons. The minimum absolute atomic E-state index is 0.0228. The van der Waals surface area contributed by atoms with Gasteiger partial charge in [-0.3, -0.25) is 14.2 Å². The number of amides is 1. The van der Waals surface area contributed by atoms with Crippen molar-refractivity contribution in [3.8, 4) is 0 Å². The lowest BCUT2D eigenvalue weighted by atomic mass is 10.0. The van der Waals surface area contributed by atoms with Crippen LogP contribution in [0, 0.1) is 0 Å². The van der Waals surface area contributed by atoms with Crippen LogP contribution in [0.25, 0.3) is 0 Å². The average Bonchev–Trinajstić information content (AvgIpc) is 2.96. The van der Waals surface area contributed by atoms with Gasteiger partial charge < -0.3 is 15.3 Å². The highest BCUT2D eigenvalue weighted by molar-refractivity contribution is 8.01. The Balaban J connectivity index is 1.73. The zero-order valence-electron chi connectivity index (χ0n) is 12.4. The van der Waals surface area contributed by atoms with Gasteiger partial charge >= 0.3 is 5.97 Å². The molecule has 136 valence electrons. The molecule has 2 aliphatic rings. The summed E-state index contributed by atoms with van der Waals surface area (Å²) in [6, 6.07) is -0.701. The number of rotatable bonds is 6. The molecular weight excluding hydrogens is 396 g/mol. The number of hydrogen-bond acceptors (Lipinski definition) is 10. The first-order valence-corrected chi connectivity index (χ1v) is 10.4. The van der Waals surface area contributed by atoms with Gasteiger partial charge in [-0.2, -0.15) is 8.42 Å². The summed E-state index contributed by atoms with van der Waals surface area (Å²) >= 11 is 2.37. The molecule has 3 heterocycles. The second-order valence-electron chi connectivity index (χ2n) is 5.17. The smallest absolute Gasteiger partial charge is 0.352 e. The van der Waals surface area contributed by atoms with Crippen molar-refractivity contribution in [2.45, 2.75) is 22.4 Å². The Bertz CT molecular complexity index is 865. The molecule has 14 heteroatoms. The first-order valence-electron chi connectivity index (χ1n) is 6.73. The van der Waals surface area contributed by atoms with Crippen LogP contribution in [0.4, 0.5) is 0 Å². The summed E-state index contributed by atoms with van der Waals surface area (Å²) in [5.74, 6) is -2.21. The zero-order valence-corrected chi connectivity index (χ0v) is 14.8. The number of carboxylic acids is 1. The lowest BCUT2D eigenvalue weighted by Crippen LogP contribution is -2.68. The number of thioether (sulfide) groups is 2. The fourth-order valence-electron chi connectivity index (χ4n) is 2.35. The number of hydrogen-bond donors (Lipinski definition) is 3. The van der Waals surface area contributed by atoms with Crippen LogP contribution in [0.5, 0.6) is 0 Å². The molecule has 0 spiro atoms. The van der Waals surface area contributed by atoms with Gasteiger partial charge in [0.15, 0.2) is 5.75 Å². The fourth-order valence-corrected chi connectivity index (χ4v) is 4.99. The monoisotopic (exact) mass is 408 g/mol. The molecule has 2 aliphatic heterocycles. The van der Waals surface area contributed by atoms with E-state index in [4.69, 9.17) is 14.7 Å². The molecule has 11 nitrogen and oxygen atoms in total. The van der Waals surface area contributed by atoms with Crippen molar-refractivity contribution >= 4 is 45.5 Å². The van der Waals surface area contributed by atoms with Crippen molar-refractivity contribution < 1.29 is 32.1 Å². The number of fused-ring (bicyclic) bond motifs is 1. The minimum Gasteiger partial charge on any atom is -0.477 e. The SMILES string of the molecule is NC1C(=O)N2C(C(=O)O)=C(CSc3nnc(CS(=O)(=O)O)o3)CS[C@@H]12. The highest BCUT2D eigenvalue weighted by Crippen LogP contribution is 2.40. The van der Waals surface area contributed by atoms with Crippen molar-refractivity contribution in [1.82, 2.24) is 15.1 Å². The third kappa shape index (κ3) is 3.67. The Hall–Kier alpha value is -1.61. The average molecular weight is 408 g/mol. The molecule has 0 bridgehead atoms. The number of β-lactam (4-membered cyclic amide) rings is 1. The van der Waals surface area contributed by atoms with Gasteiger partial charge in [0, 0.05) is 11.5 Å². The highest BCUT2D eigenvalue weighted by Gasteiger charge is 2.51. The topological polar surface area (TPSA) is 177 Å². The van der Waals surface area contributed by atoms with E-state index in [0.29, 0.717) is 11.3 Å². The molecule has 3 rings (SSSR count). The van der Waals surface area contributed by atoms with Crippen LogP contribution in [0.15, 0.2) is 20.9 Å². The number of carbonyl (C=O) groups excluding carboxylic acids is 1. The molecule has 1 amide bonds. The third-order valence-corrected chi connectivity index (χ3v) is 6.29. The van der Waals surface area contributed by atoms with Crippen LogP contribution in [-0.4, -0.2) is 68.0 Å². The Morgan fingerprint density at radius 3 is 2.84 bits per heavy atom. The molecule has 4 N–H and O–H groups in total. The molecule has 1 saturated heterocycles. The number of nitrogens with two attached hydrogens (primary N) is 1. The van der Waals surface area contributed by atoms with Gasteiger partial charge in [-0.15, -0.1) is 22.0 Å². The third-order valence-electron chi connectivity index (χ3n) is 3.42. The van der Waals surface area contributed by atoms with E-state index in [-0.39, 0.29) is 27.9 Å². The predicted octanol–water partition coefficient (Wildman–Crippen LogP) is -0.869. The van der Waals surface area contributed by atoms with Gasteiger partial charge in [-0.25, -0.2) is 4.79 Å². The van der Waals surface area contributed by atoms with Gasteiger partial charge in [-0.05, 0) is 5.57 Å². The Morgan fingerprint density at radius 2 is 2.20 bits per heavy atom. The number of carboxylic acid groups (broad SMARTS) is 1. The van der Waals surface area contributed by atoms with E-state index in [2.05, 4.69) is 10.2 Å². The molecule has 0 aromatic carbocycles. The van der Waals surface area contributed by atoms with E-state index in [1.807, 2.05) is 0 Å². The lowest BCUT2D eigenvalue weighted by molar-refractivity contribution is -0.147. The molecule has 2 atom stereocenters. The number of aliphatic carboxylic acids is 1. The van der Waals surface area contributed by atoms with Gasteiger partial charge in [0.25, 0.3) is 15.3 Å². The number of carbonyl (C=O) groups is 2. The minimum atomic E-state index is -4.29. The first kappa shape index (κ1) is 18.2. The predicted molar refractivity (Wildman–Crippen MR) is 86.0 cm³/mol. The van der Waals surface area contributed by atoms with Gasteiger partial charge in [-0.1, -0.05) is 11.8 Å². The van der Waals surface area contributed by atoms with Crippen molar-refractivity contribution in [3.63, 3.8) is 0 Å². The van der Waals surface area contributed by atoms with E-state index >= 15 is 0 Å². The summed E-state index contributed by atoms with van der Waals surface area (Å²) in [7, 11) is -4.29. The molecule has 0 aliphatic carbocycles. The van der Waals surface area contributed by atoms with Crippen LogP contribution < -0.4 is 5.73 Å². The van der Waals surface area contributed by atoms with E-state index < -0.39 is 33.8 Å². The maximum Gasteiger partial charge on any atom is 0.352 e. The number of nitrogens with zero attached hydrogens (tertiary/aromatic N) is 3. The quantitative estimate of drug-likeness (QED) is 0.301. The van der Waals surface area contributed by atoms with Crippen LogP contribution in [0.2, 0.25) is 0 Å². The maximum absolute atomic E-state index is 11.8. The molecule has 25 heavy (non-hydrogen) atoms. The molecule has 1 aromatic heterocycles. The summed E-state index contributed by atoms with van der Waals surface area (Å²) < 4.78 is 35.3. The highest BCUT2D eigenvalue weighted by atomic mass is 32.2. The van der Waals surface area contributed by atoms with Crippen molar-refractivity contribution in [1.29, 1.82) is 0 Å². The van der Waals surface area contributed by atoms with Gasteiger partial charge in [0.2, 0.25) is 11.8 Å². The Morgan fingerprint density at radius 1 is 1.48 bits per heavy atom. The normalized spacial score (nSPS) is 23.4. The summed E-state index contributed by atoms with van der Waals surface area (Å²) in [5, 5.41) is 16.2. The van der Waals surface area contributed by atoms with E-state index in [1.165, 1.54) is 16.7 Å². The molecule has 1 unspecified atom stereocenters. The Labute approximate surface area is 149 Å². The maximum atomic E-state index is 11.8. The molecule has 0 saturated carbocycles.